The van der Waals surface area contributed by atoms with Gasteiger partial charge in [0.05, 0.1) is 0 Å². The number of hydrogen-bond acceptors (Lipinski definition) is 6. The Labute approximate surface area is 438 Å². The standard InChI is InChI=1S/C65H110O6/c1-4-7-10-13-16-19-22-25-28-31-33-35-37-40-43-46-49-52-55-58-64(67)70-61-62(60-69-63(66)57-54-51-48-45-42-39-36-30-27-24-21-18-15-12-9-6-3)71-65(68)59-56-53-50-47-44-41-38-34-32-29-26-23-20-17-14-11-8-5-2/h7,10,16,19-20,23,25,28-29,32-33,35,40,43,49,52,62H,4-6,8-9,11-15,17-18,21-22,24,26-27,30-31,34,36-39,41-42,44-48,50-51,53-61H2,1-3H3/b10-7-,19-16-,23-20-,28-25-,32-29-,35-33-,43-40-,52-49-. The van der Waals surface area contributed by atoms with Crippen LogP contribution in [0.15, 0.2) is 97.2 Å². The highest BCUT2D eigenvalue weighted by molar-refractivity contribution is 5.71. The van der Waals surface area contributed by atoms with E-state index in [-0.39, 0.29) is 37.5 Å². The molecule has 0 saturated heterocycles. The number of allylic oxidation sites excluding steroid dienone is 16. The van der Waals surface area contributed by atoms with E-state index in [2.05, 4.69) is 112 Å². The van der Waals surface area contributed by atoms with Gasteiger partial charge in [0.15, 0.2) is 6.10 Å². The van der Waals surface area contributed by atoms with Crippen LogP contribution >= 0.6 is 0 Å². The van der Waals surface area contributed by atoms with Crippen molar-refractivity contribution >= 4 is 17.9 Å². The molecule has 0 radical (unpaired) electrons. The first-order valence-corrected chi connectivity index (χ1v) is 29.7. The summed E-state index contributed by atoms with van der Waals surface area (Å²) in [5.41, 5.74) is 0. The lowest BCUT2D eigenvalue weighted by Gasteiger charge is -2.18. The lowest BCUT2D eigenvalue weighted by atomic mass is 10.0. The summed E-state index contributed by atoms with van der Waals surface area (Å²) in [6, 6.07) is 0. The molecule has 6 heteroatoms. The summed E-state index contributed by atoms with van der Waals surface area (Å²) in [4.78, 5) is 38.2. The molecule has 406 valence electrons. The van der Waals surface area contributed by atoms with Crippen molar-refractivity contribution in [3.63, 3.8) is 0 Å². The first kappa shape index (κ1) is 67.3. The Kier molecular flexibility index (Phi) is 55.9. The number of carbonyl (C=O) groups excluding carboxylic acids is 3. The van der Waals surface area contributed by atoms with Gasteiger partial charge in [-0.1, -0.05) is 266 Å². The Balaban J connectivity index is 4.50. The van der Waals surface area contributed by atoms with E-state index in [1.807, 2.05) is 6.08 Å². The molecular formula is C65H110O6. The topological polar surface area (TPSA) is 78.9 Å². The van der Waals surface area contributed by atoms with Crippen molar-refractivity contribution in [1.29, 1.82) is 0 Å². The summed E-state index contributed by atoms with van der Waals surface area (Å²) in [7, 11) is 0. The van der Waals surface area contributed by atoms with Crippen molar-refractivity contribution in [3.05, 3.63) is 97.2 Å². The predicted octanol–water partition coefficient (Wildman–Crippen LogP) is 20.1. The van der Waals surface area contributed by atoms with Gasteiger partial charge in [0, 0.05) is 19.3 Å². The van der Waals surface area contributed by atoms with Crippen molar-refractivity contribution in [1.82, 2.24) is 0 Å². The lowest BCUT2D eigenvalue weighted by molar-refractivity contribution is -0.166. The fourth-order valence-electron chi connectivity index (χ4n) is 8.15. The second-order valence-electron chi connectivity index (χ2n) is 19.5. The normalized spacial score (nSPS) is 12.8. The van der Waals surface area contributed by atoms with Gasteiger partial charge in [-0.2, -0.15) is 0 Å². The molecular weight excluding hydrogens is 877 g/mol. The minimum atomic E-state index is -0.812. The Hall–Kier alpha value is -3.67. The molecule has 0 fully saturated rings. The van der Waals surface area contributed by atoms with Crippen molar-refractivity contribution in [2.45, 2.75) is 284 Å². The summed E-state index contributed by atoms with van der Waals surface area (Å²) in [5, 5.41) is 0. The number of unbranched alkanes of at least 4 members (excludes halogenated alkanes) is 26. The second-order valence-corrected chi connectivity index (χ2v) is 19.5. The highest BCUT2D eigenvalue weighted by Gasteiger charge is 2.19. The zero-order valence-corrected chi connectivity index (χ0v) is 46.5. The van der Waals surface area contributed by atoms with Gasteiger partial charge in [0.25, 0.3) is 0 Å². The molecule has 0 N–H and O–H groups in total. The maximum Gasteiger partial charge on any atom is 0.306 e. The van der Waals surface area contributed by atoms with Crippen LogP contribution in [-0.2, 0) is 28.6 Å². The van der Waals surface area contributed by atoms with E-state index in [1.165, 1.54) is 141 Å². The highest BCUT2D eigenvalue weighted by Crippen LogP contribution is 2.16. The molecule has 0 saturated carbocycles. The van der Waals surface area contributed by atoms with Gasteiger partial charge in [-0.05, 0) is 89.9 Å². The van der Waals surface area contributed by atoms with E-state index in [4.69, 9.17) is 14.2 Å². The zero-order valence-electron chi connectivity index (χ0n) is 46.5. The van der Waals surface area contributed by atoms with Crippen LogP contribution in [0.1, 0.15) is 278 Å². The minimum absolute atomic E-state index is 0.102. The molecule has 0 aromatic heterocycles. The first-order valence-electron chi connectivity index (χ1n) is 29.7. The average molecular weight is 988 g/mol. The van der Waals surface area contributed by atoms with E-state index in [1.54, 1.807) is 0 Å². The smallest absolute Gasteiger partial charge is 0.306 e. The van der Waals surface area contributed by atoms with Crippen LogP contribution in [0.3, 0.4) is 0 Å². The molecule has 1 atom stereocenters. The molecule has 0 amide bonds. The van der Waals surface area contributed by atoms with Crippen LogP contribution in [-0.4, -0.2) is 37.2 Å². The van der Waals surface area contributed by atoms with Crippen molar-refractivity contribution in [2.24, 2.45) is 0 Å². The third-order valence-corrected chi connectivity index (χ3v) is 12.6. The average Bonchev–Trinajstić information content (AvgIpc) is 3.37. The van der Waals surface area contributed by atoms with Crippen LogP contribution < -0.4 is 0 Å². The van der Waals surface area contributed by atoms with E-state index in [9.17, 15) is 14.4 Å². The van der Waals surface area contributed by atoms with Gasteiger partial charge >= 0.3 is 17.9 Å². The first-order chi connectivity index (χ1) is 35.0. The lowest BCUT2D eigenvalue weighted by Crippen LogP contribution is -2.30. The minimum Gasteiger partial charge on any atom is -0.462 e. The number of hydrogen-bond donors (Lipinski definition) is 0. The SMILES string of the molecule is CC/C=C\C/C=C\C/C=C\C/C=C\C/C=C\C/C=C\CCC(=O)OCC(COC(=O)CCCCCCCCCCCCCCCCCC)OC(=O)CCCCCCCCC/C=C\C/C=C\CCCCCC. The third-order valence-electron chi connectivity index (χ3n) is 12.6. The summed E-state index contributed by atoms with van der Waals surface area (Å²) in [6.07, 6.45) is 78.4. The predicted molar refractivity (Wildman–Crippen MR) is 307 cm³/mol. The maximum atomic E-state index is 12.9. The molecule has 1 unspecified atom stereocenters. The van der Waals surface area contributed by atoms with Crippen LogP contribution in [0, 0.1) is 0 Å². The maximum absolute atomic E-state index is 12.9. The Morgan fingerprint density at radius 1 is 0.296 bits per heavy atom. The van der Waals surface area contributed by atoms with Gasteiger partial charge in [0.1, 0.15) is 13.2 Å². The molecule has 0 aromatic rings. The summed E-state index contributed by atoms with van der Waals surface area (Å²) in [5.74, 6) is -0.991. The monoisotopic (exact) mass is 987 g/mol. The van der Waals surface area contributed by atoms with E-state index in [0.717, 1.165) is 89.9 Å². The van der Waals surface area contributed by atoms with Crippen LogP contribution in [0.5, 0.6) is 0 Å². The number of esters is 3. The summed E-state index contributed by atoms with van der Waals surface area (Å²) in [6.45, 7) is 6.46. The Morgan fingerprint density at radius 2 is 0.577 bits per heavy atom. The number of carbonyl (C=O) groups is 3. The van der Waals surface area contributed by atoms with Gasteiger partial charge < -0.3 is 14.2 Å². The molecule has 0 heterocycles. The van der Waals surface area contributed by atoms with Crippen molar-refractivity contribution in [2.75, 3.05) is 13.2 Å². The van der Waals surface area contributed by atoms with Crippen molar-refractivity contribution < 1.29 is 28.6 Å². The molecule has 0 bridgehead atoms. The number of rotatable bonds is 53. The molecule has 0 aliphatic rings. The molecule has 0 aromatic carbocycles. The largest absolute Gasteiger partial charge is 0.462 e. The second kappa shape index (κ2) is 58.9. The van der Waals surface area contributed by atoms with Crippen molar-refractivity contribution in [3.8, 4) is 0 Å². The molecule has 71 heavy (non-hydrogen) atoms. The highest BCUT2D eigenvalue weighted by atomic mass is 16.6. The van der Waals surface area contributed by atoms with Crippen LogP contribution in [0.2, 0.25) is 0 Å². The van der Waals surface area contributed by atoms with Crippen LogP contribution in [0.25, 0.3) is 0 Å². The van der Waals surface area contributed by atoms with E-state index in [0.29, 0.717) is 19.3 Å². The summed E-state index contributed by atoms with van der Waals surface area (Å²) < 4.78 is 16.8. The summed E-state index contributed by atoms with van der Waals surface area (Å²) >= 11 is 0. The van der Waals surface area contributed by atoms with Gasteiger partial charge in [0.2, 0.25) is 0 Å². The van der Waals surface area contributed by atoms with Crippen LogP contribution in [0.4, 0.5) is 0 Å². The zero-order chi connectivity index (χ0) is 51.4. The quantitative estimate of drug-likeness (QED) is 0.0261. The Morgan fingerprint density at radius 3 is 0.958 bits per heavy atom. The van der Waals surface area contributed by atoms with Gasteiger partial charge in [-0.3, -0.25) is 14.4 Å². The molecule has 0 spiro atoms. The fourth-order valence-corrected chi connectivity index (χ4v) is 8.15. The molecule has 0 rings (SSSR count). The molecule has 0 aliphatic carbocycles. The molecule has 0 aliphatic heterocycles. The number of ether oxygens (including phenoxy) is 3. The van der Waals surface area contributed by atoms with Gasteiger partial charge in [-0.25, -0.2) is 0 Å². The van der Waals surface area contributed by atoms with E-state index < -0.39 is 6.10 Å². The van der Waals surface area contributed by atoms with E-state index >= 15 is 0 Å². The Bertz CT molecular complexity index is 1410. The molecule has 6 nitrogen and oxygen atoms in total. The van der Waals surface area contributed by atoms with Gasteiger partial charge in [-0.15, -0.1) is 0 Å². The third kappa shape index (κ3) is 57.1. The fraction of sp³-hybridized carbons (Fsp3) is 0.708.